The molecule has 0 aliphatic carbocycles. The van der Waals surface area contributed by atoms with Crippen LogP contribution in [0.4, 0.5) is 5.82 Å². The zero-order valence-corrected chi connectivity index (χ0v) is 13.8. The number of piperazine rings is 1. The van der Waals surface area contributed by atoms with Crippen LogP contribution in [-0.4, -0.2) is 56.7 Å². The highest BCUT2D eigenvalue weighted by molar-refractivity contribution is 5.78. The Morgan fingerprint density at radius 1 is 1.13 bits per heavy atom. The lowest BCUT2D eigenvalue weighted by molar-refractivity contribution is -0.134. The Bertz CT molecular complexity index is 687. The molecule has 0 saturated carbocycles. The maximum Gasteiger partial charge on any atom is 0.225 e. The van der Waals surface area contributed by atoms with Crippen molar-refractivity contribution in [3.63, 3.8) is 0 Å². The van der Waals surface area contributed by atoms with Crippen molar-refractivity contribution in [1.82, 2.24) is 24.6 Å². The molecule has 3 rings (SSSR count). The minimum atomic E-state index is 0.0512. The summed E-state index contributed by atoms with van der Waals surface area (Å²) in [6.07, 6.45) is 3.45. The van der Waals surface area contributed by atoms with Gasteiger partial charge in [0.05, 0.1) is 5.69 Å². The molecule has 0 unspecified atom stereocenters. The molecule has 3 heterocycles. The highest BCUT2D eigenvalue weighted by atomic mass is 16.2. The first-order valence-corrected chi connectivity index (χ1v) is 7.93. The standard InChI is InChI=1S/C16H22N6O/c1-12(2)16(23)21-8-6-20(7-9-21)14-10-15(18-11-17-14)22-5-4-13(3)19-22/h4-5,10-12H,6-9H2,1-3H3. The van der Waals surface area contributed by atoms with E-state index in [1.807, 2.05) is 44.0 Å². The number of anilines is 1. The largest absolute Gasteiger partial charge is 0.353 e. The van der Waals surface area contributed by atoms with Crippen LogP contribution in [-0.2, 0) is 4.79 Å². The Labute approximate surface area is 135 Å². The van der Waals surface area contributed by atoms with Gasteiger partial charge in [-0.1, -0.05) is 13.8 Å². The van der Waals surface area contributed by atoms with Gasteiger partial charge in [-0.2, -0.15) is 5.10 Å². The van der Waals surface area contributed by atoms with Gasteiger partial charge >= 0.3 is 0 Å². The van der Waals surface area contributed by atoms with E-state index in [1.165, 1.54) is 0 Å². The van der Waals surface area contributed by atoms with Gasteiger partial charge < -0.3 is 9.80 Å². The predicted molar refractivity (Wildman–Crippen MR) is 87.5 cm³/mol. The molecule has 1 aliphatic heterocycles. The van der Waals surface area contributed by atoms with Gasteiger partial charge in [-0.05, 0) is 13.0 Å². The number of amides is 1. The number of hydrogen-bond donors (Lipinski definition) is 0. The Balaban J connectivity index is 1.70. The lowest BCUT2D eigenvalue weighted by Gasteiger charge is -2.36. The van der Waals surface area contributed by atoms with Gasteiger partial charge in [0.25, 0.3) is 0 Å². The highest BCUT2D eigenvalue weighted by Gasteiger charge is 2.23. The molecular formula is C16H22N6O. The molecule has 0 spiro atoms. The zero-order chi connectivity index (χ0) is 16.4. The minimum absolute atomic E-state index is 0.0512. The van der Waals surface area contributed by atoms with Crippen molar-refractivity contribution in [2.24, 2.45) is 5.92 Å². The summed E-state index contributed by atoms with van der Waals surface area (Å²) in [5.41, 5.74) is 0.950. The van der Waals surface area contributed by atoms with Crippen molar-refractivity contribution in [3.05, 3.63) is 30.4 Å². The van der Waals surface area contributed by atoms with Crippen molar-refractivity contribution < 1.29 is 4.79 Å². The predicted octanol–water partition coefficient (Wildman–Crippen LogP) is 1.28. The number of aryl methyl sites for hydroxylation is 1. The molecule has 1 aliphatic rings. The van der Waals surface area contributed by atoms with Gasteiger partial charge in [0.15, 0.2) is 5.82 Å². The fourth-order valence-corrected chi connectivity index (χ4v) is 2.70. The SMILES string of the molecule is Cc1ccn(-c2cc(N3CCN(C(=O)C(C)C)CC3)ncn2)n1. The molecule has 2 aromatic rings. The molecule has 1 saturated heterocycles. The van der Waals surface area contributed by atoms with E-state index in [2.05, 4.69) is 20.0 Å². The van der Waals surface area contributed by atoms with Crippen molar-refractivity contribution in [3.8, 4) is 5.82 Å². The summed E-state index contributed by atoms with van der Waals surface area (Å²) in [6.45, 7) is 8.87. The summed E-state index contributed by atoms with van der Waals surface area (Å²) < 4.78 is 1.75. The summed E-state index contributed by atoms with van der Waals surface area (Å²) in [6, 6.07) is 3.88. The smallest absolute Gasteiger partial charge is 0.225 e. The molecule has 0 radical (unpaired) electrons. The van der Waals surface area contributed by atoms with Crippen LogP contribution in [0.15, 0.2) is 24.7 Å². The van der Waals surface area contributed by atoms with Crippen molar-refractivity contribution >= 4 is 11.7 Å². The van der Waals surface area contributed by atoms with Crippen LogP contribution in [0.1, 0.15) is 19.5 Å². The van der Waals surface area contributed by atoms with E-state index in [0.717, 1.165) is 43.5 Å². The molecule has 1 fully saturated rings. The number of hydrogen-bond acceptors (Lipinski definition) is 5. The molecular weight excluding hydrogens is 292 g/mol. The Kier molecular flexibility index (Phi) is 4.27. The lowest BCUT2D eigenvalue weighted by atomic mass is 10.1. The van der Waals surface area contributed by atoms with Crippen molar-refractivity contribution in [2.45, 2.75) is 20.8 Å². The normalized spacial score (nSPS) is 15.3. The first-order valence-electron chi connectivity index (χ1n) is 7.93. The first kappa shape index (κ1) is 15.5. The van der Waals surface area contributed by atoms with Crippen LogP contribution in [0, 0.1) is 12.8 Å². The van der Waals surface area contributed by atoms with E-state index < -0.39 is 0 Å². The number of aromatic nitrogens is 4. The maximum atomic E-state index is 12.1. The van der Waals surface area contributed by atoms with E-state index >= 15 is 0 Å². The second-order valence-corrected chi connectivity index (χ2v) is 6.10. The number of rotatable bonds is 3. The lowest BCUT2D eigenvalue weighted by Crippen LogP contribution is -2.50. The van der Waals surface area contributed by atoms with E-state index in [9.17, 15) is 4.79 Å². The third-order valence-electron chi connectivity index (χ3n) is 4.00. The number of carbonyl (C=O) groups is 1. The summed E-state index contributed by atoms with van der Waals surface area (Å²) in [7, 11) is 0. The molecule has 0 atom stereocenters. The van der Waals surface area contributed by atoms with Gasteiger partial charge in [-0.3, -0.25) is 4.79 Å². The number of carbonyl (C=O) groups excluding carboxylic acids is 1. The van der Waals surface area contributed by atoms with Crippen LogP contribution < -0.4 is 4.90 Å². The van der Waals surface area contributed by atoms with Crippen LogP contribution in [0.2, 0.25) is 0 Å². The second kappa shape index (κ2) is 6.36. The molecule has 2 aromatic heterocycles. The van der Waals surface area contributed by atoms with Gasteiger partial charge in [0.2, 0.25) is 5.91 Å². The molecule has 7 heteroatoms. The second-order valence-electron chi connectivity index (χ2n) is 6.10. The van der Waals surface area contributed by atoms with E-state index in [-0.39, 0.29) is 11.8 Å². The van der Waals surface area contributed by atoms with Crippen LogP contribution in [0.25, 0.3) is 5.82 Å². The van der Waals surface area contributed by atoms with Crippen molar-refractivity contribution in [1.29, 1.82) is 0 Å². The minimum Gasteiger partial charge on any atom is -0.353 e. The fourth-order valence-electron chi connectivity index (χ4n) is 2.70. The fraction of sp³-hybridized carbons (Fsp3) is 0.500. The molecule has 23 heavy (non-hydrogen) atoms. The third-order valence-corrected chi connectivity index (χ3v) is 4.00. The molecule has 0 aromatic carbocycles. The Morgan fingerprint density at radius 3 is 2.43 bits per heavy atom. The maximum absolute atomic E-state index is 12.1. The Morgan fingerprint density at radius 2 is 1.83 bits per heavy atom. The molecule has 122 valence electrons. The van der Waals surface area contributed by atoms with Gasteiger partial charge in [0, 0.05) is 44.4 Å². The van der Waals surface area contributed by atoms with Gasteiger partial charge in [0.1, 0.15) is 12.1 Å². The van der Waals surface area contributed by atoms with Gasteiger partial charge in [-0.15, -0.1) is 0 Å². The quantitative estimate of drug-likeness (QED) is 0.853. The summed E-state index contributed by atoms with van der Waals surface area (Å²) >= 11 is 0. The average molecular weight is 314 g/mol. The van der Waals surface area contributed by atoms with E-state index in [0.29, 0.717) is 0 Å². The van der Waals surface area contributed by atoms with Crippen LogP contribution in [0.5, 0.6) is 0 Å². The van der Waals surface area contributed by atoms with E-state index in [4.69, 9.17) is 0 Å². The molecule has 0 bridgehead atoms. The highest BCUT2D eigenvalue weighted by Crippen LogP contribution is 2.16. The molecule has 0 N–H and O–H groups in total. The summed E-state index contributed by atoms with van der Waals surface area (Å²) in [4.78, 5) is 24.8. The Hall–Kier alpha value is -2.44. The topological polar surface area (TPSA) is 67.2 Å². The van der Waals surface area contributed by atoms with Gasteiger partial charge in [-0.25, -0.2) is 14.6 Å². The first-order chi connectivity index (χ1) is 11.0. The molecule has 7 nitrogen and oxygen atoms in total. The van der Waals surface area contributed by atoms with E-state index in [1.54, 1.807) is 11.0 Å². The number of nitrogens with zero attached hydrogens (tertiary/aromatic N) is 6. The zero-order valence-electron chi connectivity index (χ0n) is 13.8. The third kappa shape index (κ3) is 3.33. The van der Waals surface area contributed by atoms with Crippen LogP contribution >= 0.6 is 0 Å². The molecule has 1 amide bonds. The summed E-state index contributed by atoms with van der Waals surface area (Å²) in [5, 5.41) is 4.38. The van der Waals surface area contributed by atoms with Crippen LogP contribution in [0.3, 0.4) is 0 Å². The average Bonchev–Trinajstić information content (AvgIpc) is 3.01. The summed E-state index contributed by atoms with van der Waals surface area (Å²) in [5.74, 6) is 1.90. The monoisotopic (exact) mass is 314 g/mol. The van der Waals surface area contributed by atoms with Crippen molar-refractivity contribution in [2.75, 3.05) is 31.1 Å².